The van der Waals surface area contributed by atoms with Gasteiger partial charge in [0.1, 0.15) is 0 Å². The van der Waals surface area contributed by atoms with E-state index in [9.17, 15) is 9.59 Å². The number of hydrogen-bond donors (Lipinski definition) is 2. The van der Waals surface area contributed by atoms with Gasteiger partial charge in [-0.2, -0.15) is 0 Å². The van der Waals surface area contributed by atoms with Gasteiger partial charge in [0.05, 0.1) is 11.1 Å². The maximum absolute atomic E-state index is 12.2. The SMILES string of the molecule is Cc1cccc2cc(CNC(=O)c3ccccc3Br)c(=O)[nH]c12. The van der Waals surface area contributed by atoms with Crippen molar-refractivity contribution in [3.05, 3.63) is 80.0 Å². The normalized spacial score (nSPS) is 10.7. The number of para-hydroxylation sites is 1. The summed E-state index contributed by atoms with van der Waals surface area (Å²) in [6.45, 7) is 2.13. The number of aromatic nitrogens is 1. The number of pyridine rings is 1. The van der Waals surface area contributed by atoms with Crippen molar-refractivity contribution < 1.29 is 4.79 Å². The van der Waals surface area contributed by atoms with Crippen LogP contribution in [0.1, 0.15) is 21.5 Å². The summed E-state index contributed by atoms with van der Waals surface area (Å²) in [4.78, 5) is 27.3. The van der Waals surface area contributed by atoms with Crippen LogP contribution in [-0.2, 0) is 6.54 Å². The molecule has 0 saturated carbocycles. The maximum Gasteiger partial charge on any atom is 0.253 e. The van der Waals surface area contributed by atoms with Crippen molar-refractivity contribution in [1.82, 2.24) is 10.3 Å². The van der Waals surface area contributed by atoms with Crippen molar-refractivity contribution in [2.24, 2.45) is 0 Å². The monoisotopic (exact) mass is 370 g/mol. The highest BCUT2D eigenvalue weighted by Crippen LogP contribution is 2.17. The van der Waals surface area contributed by atoms with Gasteiger partial charge in [0.25, 0.3) is 11.5 Å². The summed E-state index contributed by atoms with van der Waals surface area (Å²) in [6.07, 6.45) is 0. The molecule has 0 spiro atoms. The summed E-state index contributed by atoms with van der Waals surface area (Å²) in [6, 6.07) is 14.8. The molecule has 1 heterocycles. The summed E-state index contributed by atoms with van der Waals surface area (Å²) in [5, 5.41) is 3.74. The molecule has 0 bridgehead atoms. The van der Waals surface area contributed by atoms with E-state index in [1.165, 1.54) is 0 Å². The first-order valence-electron chi connectivity index (χ1n) is 7.20. The van der Waals surface area contributed by atoms with E-state index in [0.717, 1.165) is 20.9 Å². The second-order valence-electron chi connectivity index (χ2n) is 5.33. The maximum atomic E-state index is 12.2. The Balaban J connectivity index is 1.85. The number of aromatic amines is 1. The summed E-state index contributed by atoms with van der Waals surface area (Å²) in [5.41, 5.74) is 2.74. The minimum absolute atomic E-state index is 0.180. The van der Waals surface area contributed by atoms with E-state index in [2.05, 4.69) is 26.2 Å². The first-order valence-corrected chi connectivity index (χ1v) is 8.00. The minimum atomic E-state index is -0.221. The van der Waals surface area contributed by atoms with Crippen molar-refractivity contribution in [1.29, 1.82) is 0 Å². The average Bonchev–Trinajstić information content (AvgIpc) is 2.54. The summed E-state index contributed by atoms with van der Waals surface area (Å²) in [5.74, 6) is -0.221. The quantitative estimate of drug-likeness (QED) is 0.740. The summed E-state index contributed by atoms with van der Waals surface area (Å²) in [7, 11) is 0. The molecule has 4 nitrogen and oxygen atoms in total. The van der Waals surface area contributed by atoms with Crippen LogP contribution >= 0.6 is 15.9 Å². The number of hydrogen-bond acceptors (Lipinski definition) is 2. The van der Waals surface area contributed by atoms with Crippen molar-refractivity contribution in [2.75, 3.05) is 0 Å². The average molecular weight is 371 g/mol. The largest absolute Gasteiger partial charge is 0.348 e. The zero-order valence-corrected chi connectivity index (χ0v) is 14.1. The van der Waals surface area contributed by atoms with Gasteiger partial charge in [-0.25, -0.2) is 0 Å². The smallest absolute Gasteiger partial charge is 0.253 e. The van der Waals surface area contributed by atoms with Gasteiger partial charge in [0.2, 0.25) is 0 Å². The third-order valence-electron chi connectivity index (χ3n) is 3.72. The molecule has 2 aromatic carbocycles. The number of H-pyrrole nitrogens is 1. The van der Waals surface area contributed by atoms with Crippen LogP contribution in [0.25, 0.3) is 10.9 Å². The molecular formula is C18H15BrN2O2. The fraction of sp³-hybridized carbons (Fsp3) is 0.111. The van der Waals surface area contributed by atoms with Crippen molar-refractivity contribution in [2.45, 2.75) is 13.5 Å². The second-order valence-corrected chi connectivity index (χ2v) is 6.18. The number of aryl methyl sites for hydroxylation is 1. The molecule has 1 amide bonds. The Hall–Kier alpha value is -2.40. The molecule has 0 saturated heterocycles. The number of nitrogens with one attached hydrogen (secondary N) is 2. The number of fused-ring (bicyclic) bond motifs is 1. The number of benzene rings is 2. The molecule has 0 radical (unpaired) electrons. The molecule has 2 N–H and O–H groups in total. The van der Waals surface area contributed by atoms with Gasteiger partial charge in [-0.1, -0.05) is 30.3 Å². The van der Waals surface area contributed by atoms with E-state index in [1.54, 1.807) is 18.2 Å². The second kappa shape index (κ2) is 6.38. The third kappa shape index (κ3) is 3.19. The van der Waals surface area contributed by atoms with Crippen LogP contribution in [0.15, 0.2) is 57.8 Å². The van der Waals surface area contributed by atoms with Gasteiger partial charge in [-0.3, -0.25) is 9.59 Å². The van der Waals surface area contributed by atoms with E-state index in [-0.39, 0.29) is 18.0 Å². The van der Waals surface area contributed by atoms with E-state index in [1.807, 2.05) is 37.3 Å². The van der Waals surface area contributed by atoms with Gasteiger partial charge < -0.3 is 10.3 Å². The molecule has 0 aliphatic heterocycles. The summed E-state index contributed by atoms with van der Waals surface area (Å²) >= 11 is 3.35. The Labute approximate surface area is 141 Å². The van der Waals surface area contributed by atoms with E-state index in [0.29, 0.717) is 11.1 Å². The number of halogens is 1. The van der Waals surface area contributed by atoms with Crippen LogP contribution in [0.3, 0.4) is 0 Å². The van der Waals surface area contributed by atoms with Crippen LogP contribution in [0.4, 0.5) is 0 Å². The zero-order chi connectivity index (χ0) is 16.4. The van der Waals surface area contributed by atoms with Crippen molar-refractivity contribution >= 4 is 32.7 Å². The molecule has 3 aromatic rings. The fourth-order valence-electron chi connectivity index (χ4n) is 2.48. The molecule has 0 unspecified atom stereocenters. The lowest BCUT2D eigenvalue weighted by Crippen LogP contribution is -2.27. The number of carbonyl (C=O) groups excluding carboxylic acids is 1. The van der Waals surface area contributed by atoms with E-state index in [4.69, 9.17) is 0 Å². The van der Waals surface area contributed by atoms with E-state index < -0.39 is 0 Å². The van der Waals surface area contributed by atoms with Gasteiger partial charge in [-0.05, 0) is 52.0 Å². The predicted octanol–water partition coefficient (Wildman–Crippen LogP) is 3.53. The number of carbonyl (C=O) groups is 1. The molecule has 23 heavy (non-hydrogen) atoms. The molecular weight excluding hydrogens is 356 g/mol. The summed E-state index contributed by atoms with van der Waals surface area (Å²) < 4.78 is 0.723. The van der Waals surface area contributed by atoms with Gasteiger partial charge in [0, 0.05) is 16.6 Å². The highest BCUT2D eigenvalue weighted by atomic mass is 79.9. The van der Waals surface area contributed by atoms with Crippen LogP contribution in [0.5, 0.6) is 0 Å². The standard InChI is InChI=1S/C18H15BrN2O2/c1-11-5-4-6-12-9-13(17(22)21-16(11)12)10-20-18(23)14-7-2-3-8-15(14)19/h2-9H,10H2,1H3,(H,20,23)(H,21,22). The highest BCUT2D eigenvalue weighted by molar-refractivity contribution is 9.10. The Bertz CT molecular complexity index is 947. The minimum Gasteiger partial charge on any atom is -0.348 e. The predicted molar refractivity (Wildman–Crippen MR) is 94.6 cm³/mol. The molecule has 0 atom stereocenters. The Kier molecular flexibility index (Phi) is 4.30. The van der Waals surface area contributed by atoms with Crippen LogP contribution in [-0.4, -0.2) is 10.9 Å². The van der Waals surface area contributed by atoms with Crippen LogP contribution in [0, 0.1) is 6.92 Å². The molecule has 0 aliphatic rings. The zero-order valence-electron chi connectivity index (χ0n) is 12.5. The lowest BCUT2D eigenvalue weighted by molar-refractivity contribution is 0.0950. The number of rotatable bonds is 3. The van der Waals surface area contributed by atoms with Crippen molar-refractivity contribution in [3.8, 4) is 0 Å². The van der Waals surface area contributed by atoms with Gasteiger partial charge >= 0.3 is 0 Å². The molecule has 0 aliphatic carbocycles. The molecule has 5 heteroatoms. The molecule has 1 aromatic heterocycles. The topological polar surface area (TPSA) is 62.0 Å². The number of amides is 1. The lowest BCUT2D eigenvalue weighted by Gasteiger charge is -2.08. The van der Waals surface area contributed by atoms with E-state index >= 15 is 0 Å². The lowest BCUT2D eigenvalue weighted by atomic mass is 10.1. The Morgan fingerprint density at radius 3 is 2.74 bits per heavy atom. The molecule has 116 valence electrons. The highest BCUT2D eigenvalue weighted by Gasteiger charge is 2.10. The molecule has 3 rings (SSSR count). The fourth-order valence-corrected chi connectivity index (χ4v) is 2.94. The Morgan fingerprint density at radius 2 is 1.96 bits per heavy atom. The Morgan fingerprint density at radius 1 is 1.17 bits per heavy atom. The van der Waals surface area contributed by atoms with Crippen LogP contribution < -0.4 is 10.9 Å². The first-order chi connectivity index (χ1) is 11.1. The first kappa shape index (κ1) is 15.5. The van der Waals surface area contributed by atoms with Gasteiger partial charge in [-0.15, -0.1) is 0 Å². The van der Waals surface area contributed by atoms with Gasteiger partial charge in [0.15, 0.2) is 0 Å². The van der Waals surface area contributed by atoms with Crippen molar-refractivity contribution in [3.63, 3.8) is 0 Å². The molecule has 0 fully saturated rings. The third-order valence-corrected chi connectivity index (χ3v) is 4.41. The van der Waals surface area contributed by atoms with Crippen LogP contribution in [0.2, 0.25) is 0 Å².